The predicted octanol–water partition coefficient (Wildman–Crippen LogP) is 3.80. The van der Waals surface area contributed by atoms with Crippen molar-refractivity contribution >= 4 is 15.4 Å². The highest BCUT2D eigenvalue weighted by Crippen LogP contribution is 2.39. The SMILES string of the molecule is COC1(c2cc(F)c(-c3ccc4cnc(Cc5cnccc5[C@H]5C[C@@H](N)[C@@H](OCCS(C)(=O)=O)[C@@H](C)C5)n4n3)c(F)c2)COC1. The third-order valence-electron chi connectivity index (χ3n) is 9.03. The molecule has 10 nitrogen and oxygen atoms in total. The zero-order valence-electron chi connectivity index (χ0n) is 25.4. The first-order valence-corrected chi connectivity index (χ1v) is 17.0. The van der Waals surface area contributed by atoms with Gasteiger partial charge in [-0.2, -0.15) is 5.10 Å². The van der Waals surface area contributed by atoms with Crippen molar-refractivity contribution in [2.75, 3.05) is 38.9 Å². The van der Waals surface area contributed by atoms with Crippen molar-refractivity contribution in [3.8, 4) is 11.3 Å². The molecule has 1 saturated heterocycles. The fraction of sp³-hybridized carbons (Fsp3) is 0.469. The van der Waals surface area contributed by atoms with Crippen molar-refractivity contribution in [1.29, 1.82) is 0 Å². The molecule has 0 amide bonds. The van der Waals surface area contributed by atoms with Crippen LogP contribution in [-0.4, -0.2) is 79.1 Å². The number of halogens is 2. The van der Waals surface area contributed by atoms with Gasteiger partial charge in [0.05, 0.1) is 54.6 Å². The Labute approximate surface area is 260 Å². The number of pyridine rings is 1. The van der Waals surface area contributed by atoms with Gasteiger partial charge in [0, 0.05) is 38.2 Å². The molecule has 3 aromatic heterocycles. The maximum atomic E-state index is 15.4. The summed E-state index contributed by atoms with van der Waals surface area (Å²) < 4.78 is 72.2. The summed E-state index contributed by atoms with van der Waals surface area (Å²) in [6, 6.07) is 7.61. The number of ether oxygens (including phenoxy) is 3. The second-order valence-electron chi connectivity index (χ2n) is 12.3. The van der Waals surface area contributed by atoms with Gasteiger partial charge in [-0.3, -0.25) is 4.98 Å². The number of fused-ring (bicyclic) bond motifs is 1. The van der Waals surface area contributed by atoms with Gasteiger partial charge in [-0.15, -0.1) is 0 Å². The molecule has 4 aromatic rings. The minimum atomic E-state index is -3.12. The van der Waals surface area contributed by atoms with Crippen LogP contribution >= 0.6 is 0 Å². The van der Waals surface area contributed by atoms with E-state index in [0.29, 0.717) is 29.7 Å². The molecule has 1 aromatic carbocycles. The zero-order valence-corrected chi connectivity index (χ0v) is 26.3. The van der Waals surface area contributed by atoms with Crippen molar-refractivity contribution in [2.24, 2.45) is 11.7 Å². The third kappa shape index (κ3) is 6.36. The quantitative estimate of drug-likeness (QED) is 0.275. The van der Waals surface area contributed by atoms with Crippen LogP contribution in [0.15, 0.2) is 48.9 Å². The van der Waals surface area contributed by atoms with Crippen LogP contribution in [0.25, 0.3) is 16.8 Å². The molecule has 2 N–H and O–H groups in total. The molecule has 2 fully saturated rings. The molecule has 2 aliphatic rings. The third-order valence-corrected chi connectivity index (χ3v) is 9.94. The smallest absolute Gasteiger partial charge is 0.149 e. The van der Waals surface area contributed by atoms with E-state index in [4.69, 9.17) is 19.9 Å². The first-order valence-electron chi connectivity index (χ1n) is 14.9. The average molecular weight is 642 g/mol. The second kappa shape index (κ2) is 12.4. The number of methoxy groups -OCH3 is 1. The highest BCUT2D eigenvalue weighted by atomic mass is 32.2. The van der Waals surface area contributed by atoms with Gasteiger partial charge in [-0.25, -0.2) is 26.7 Å². The second-order valence-corrected chi connectivity index (χ2v) is 14.5. The minimum Gasteiger partial charge on any atom is -0.375 e. The molecule has 0 radical (unpaired) electrons. The molecule has 4 atom stereocenters. The van der Waals surface area contributed by atoms with E-state index in [1.54, 1.807) is 35.2 Å². The van der Waals surface area contributed by atoms with Gasteiger partial charge in [0.2, 0.25) is 0 Å². The molecule has 45 heavy (non-hydrogen) atoms. The van der Waals surface area contributed by atoms with Gasteiger partial charge in [-0.1, -0.05) is 6.92 Å². The van der Waals surface area contributed by atoms with Gasteiger partial charge in [0.25, 0.3) is 0 Å². The Hall–Kier alpha value is -3.36. The Morgan fingerprint density at radius 2 is 1.89 bits per heavy atom. The highest BCUT2D eigenvalue weighted by Gasteiger charge is 2.42. The summed E-state index contributed by atoms with van der Waals surface area (Å²) in [6.07, 6.45) is 8.06. The molecule has 0 unspecified atom stereocenters. The van der Waals surface area contributed by atoms with E-state index in [2.05, 4.69) is 22.0 Å². The van der Waals surface area contributed by atoms with Crippen LogP contribution in [-0.2, 0) is 36.1 Å². The van der Waals surface area contributed by atoms with E-state index in [0.717, 1.165) is 17.5 Å². The molecule has 0 bridgehead atoms. The molecule has 6 rings (SSSR count). The average Bonchev–Trinajstić information content (AvgIpc) is 3.35. The molecule has 0 spiro atoms. The van der Waals surface area contributed by atoms with Gasteiger partial charge in [0.1, 0.15) is 32.9 Å². The van der Waals surface area contributed by atoms with Crippen LogP contribution < -0.4 is 5.73 Å². The Morgan fingerprint density at radius 3 is 2.53 bits per heavy atom. The number of sulfone groups is 1. The van der Waals surface area contributed by atoms with Crippen LogP contribution in [0.4, 0.5) is 8.78 Å². The predicted molar refractivity (Wildman–Crippen MR) is 163 cm³/mol. The van der Waals surface area contributed by atoms with Crippen molar-refractivity contribution in [2.45, 2.75) is 49.9 Å². The first-order chi connectivity index (χ1) is 21.5. The number of rotatable bonds is 10. The normalized spacial score (nSPS) is 23.2. The zero-order chi connectivity index (χ0) is 31.9. The molecule has 240 valence electrons. The number of nitrogens with two attached hydrogens (primary N) is 1. The summed E-state index contributed by atoms with van der Waals surface area (Å²) in [5.41, 5.74) is 8.73. The Morgan fingerprint density at radius 1 is 1.13 bits per heavy atom. The van der Waals surface area contributed by atoms with E-state index < -0.39 is 27.1 Å². The standard InChI is InChI=1S/C32H37F2N5O5S/c1-19-10-20(11-27(35)31(19)44-8-9-45(3,40)41)24-6-7-36-15-21(24)12-29-37-16-23-4-5-28(38-39(23)29)30-25(33)13-22(14-26(30)34)32(42-2)17-43-18-32/h4-7,13-16,19-20,27,31H,8-12,17-18,35H2,1-3H3/t19-,20+,27+,31-/m0/s1. The van der Waals surface area contributed by atoms with Gasteiger partial charge < -0.3 is 19.9 Å². The summed E-state index contributed by atoms with van der Waals surface area (Å²) in [6.45, 7) is 2.65. The number of nitrogens with zero attached hydrogens (tertiary/aromatic N) is 4. The van der Waals surface area contributed by atoms with E-state index in [1.165, 1.54) is 25.5 Å². The largest absolute Gasteiger partial charge is 0.375 e. The molecular formula is C32H37F2N5O5S. The van der Waals surface area contributed by atoms with Gasteiger partial charge in [-0.05, 0) is 71.7 Å². The fourth-order valence-electron chi connectivity index (χ4n) is 6.55. The molecule has 1 aliphatic carbocycles. The molecule has 1 saturated carbocycles. The summed E-state index contributed by atoms with van der Waals surface area (Å²) in [5, 5.41) is 4.61. The monoisotopic (exact) mass is 641 g/mol. The number of imidazole rings is 1. The van der Waals surface area contributed by atoms with Crippen molar-refractivity contribution in [3.63, 3.8) is 0 Å². The number of hydrogen-bond donors (Lipinski definition) is 1. The lowest BCUT2D eigenvalue weighted by molar-refractivity contribution is -0.202. The lowest BCUT2D eigenvalue weighted by atomic mass is 9.73. The van der Waals surface area contributed by atoms with Crippen molar-refractivity contribution in [1.82, 2.24) is 19.6 Å². The number of benzene rings is 1. The van der Waals surface area contributed by atoms with Crippen LogP contribution in [0.2, 0.25) is 0 Å². The van der Waals surface area contributed by atoms with Crippen LogP contribution in [0, 0.1) is 17.6 Å². The van der Waals surface area contributed by atoms with E-state index in [-0.39, 0.29) is 60.8 Å². The highest BCUT2D eigenvalue weighted by molar-refractivity contribution is 7.90. The van der Waals surface area contributed by atoms with Crippen LogP contribution in [0.1, 0.15) is 48.2 Å². The van der Waals surface area contributed by atoms with Crippen LogP contribution in [0.3, 0.4) is 0 Å². The molecular weight excluding hydrogens is 604 g/mol. The van der Waals surface area contributed by atoms with Crippen LogP contribution in [0.5, 0.6) is 0 Å². The van der Waals surface area contributed by atoms with Gasteiger partial charge >= 0.3 is 0 Å². The summed E-state index contributed by atoms with van der Waals surface area (Å²) >= 11 is 0. The van der Waals surface area contributed by atoms with E-state index in [1.807, 2.05) is 6.07 Å². The lowest BCUT2D eigenvalue weighted by Gasteiger charge is -2.40. The summed E-state index contributed by atoms with van der Waals surface area (Å²) in [5.74, 6) is -0.670. The maximum absolute atomic E-state index is 15.4. The maximum Gasteiger partial charge on any atom is 0.149 e. The van der Waals surface area contributed by atoms with E-state index in [9.17, 15) is 8.42 Å². The van der Waals surface area contributed by atoms with Crippen molar-refractivity contribution < 1.29 is 31.4 Å². The summed E-state index contributed by atoms with van der Waals surface area (Å²) in [4.78, 5) is 8.95. The molecule has 1 aliphatic heterocycles. The topological polar surface area (TPSA) is 131 Å². The number of aromatic nitrogens is 4. The van der Waals surface area contributed by atoms with Gasteiger partial charge in [0.15, 0.2) is 0 Å². The van der Waals surface area contributed by atoms with E-state index >= 15 is 8.78 Å². The number of hydrogen-bond acceptors (Lipinski definition) is 9. The summed E-state index contributed by atoms with van der Waals surface area (Å²) in [7, 11) is -1.63. The Kier molecular flexibility index (Phi) is 8.74. The Balaban J connectivity index is 1.24. The van der Waals surface area contributed by atoms with Crippen molar-refractivity contribution in [3.05, 3.63) is 83.1 Å². The lowest BCUT2D eigenvalue weighted by Crippen LogP contribution is -2.48. The Bertz CT molecular complexity index is 1770. The fourth-order valence-corrected chi connectivity index (χ4v) is 6.95. The molecule has 13 heteroatoms. The minimum absolute atomic E-state index is 0.0383. The first kappa shape index (κ1) is 31.6. The molecule has 4 heterocycles.